The number of hydrogen-bond donors (Lipinski definition) is 0. The first-order chi connectivity index (χ1) is 7.75. The average molecular weight is 233 g/mol. The number of amidine groups is 1. The van der Waals surface area contributed by atoms with E-state index < -0.39 is 11.7 Å². The van der Waals surface area contributed by atoms with Gasteiger partial charge in [0.1, 0.15) is 0 Å². The first-order valence-electron chi connectivity index (χ1n) is 4.48. The van der Waals surface area contributed by atoms with Crippen LogP contribution >= 0.6 is 11.8 Å². The van der Waals surface area contributed by atoms with Gasteiger partial charge in [-0.05, 0) is 11.6 Å². The van der Waals surface area contributed by atoms with Crippen molar-refractivity contribution in [3.8, 4) is 0 Å². The minimum Gasteiger partial charge on any atom is -0.282 e. The van der Waals surface area contributed by atoms with Crippen molar-refractivity contribution < 1.29 is 9.59 Å². The van der Waals surface area contributed by atoms with E-state index in [0.717, 1.165) is 11.8 Å². The zero-order valence-corrected chi connectivity index (χ0v) is 8.98. The van der Waals surface area contributed by atoms with E-state index in [1.165, 1.54) is 11.8 Å². The van der Waals surface area contributed by atoms with E-state index >= 15 is 0 Å². The molecule has 0 unspecified atom stereocenters. The number of rotatable bonds is 2. The van der Waals surface area contributed by atoms with Gasteiger partial charge >= 0.3 is 5.91 Å². The van der Waals surface area contributed by atoms with Crippen LogP contribution in [-0.4, -0.2) is 28.1 Å². The first kappa shape index (κ1) is 10.7. The smallest absolute Gasteiger partial charge is 0.282 e. The van der Waals surface area contributed by atoms with Gasteiger partial charge in [0.05, 0.1) is 6.21 Å². The maximum absolute atomic E-state index is 11.0. The molecule has 0 saturated heterocycles. The molecule has 1 amide bonds. The van der Waals surface area contributed by atoms with Crippen LogP contribution in [0, 0.1) is 0 Å². The molecule has 1 aliphatic rings. The Kier molecular flexibility index (Phi) is 3.21. The van der Waals surface area contributed by atoms with Crippen LogP contribution in [0.3, 0.4) is 0 Å². The zero-order chi connectivity index (χ0) is 11.4. The molecule has 0 aliphatic carbocycles. The summed E-state index contributed by atoms with van der Waals surface area (Å²) in [5.74, 6) is -0.819. The van der Waals surface area contributed by atoms with Gasteiger partial charge in [-0.15, -0.1) is 0 Å². The summed E-state index contributed by atoms with van der Waals surface area (Å²) in [4.78, 5) is 33.0. The molecule has 0 bridgehead atoms. The van der Waals surface area contributed by atoms with Crippen LogP contribution in [0.2, 0.25) is 0 Å². The van der Waals surface area contributed by atoms with Crippen LogP contribution in [0.4, 0.5) is 0 Å². The lowest BCUT2D eigenvalue weighted by atomic mass is 10.3. The average Bonchev–Trinajstić information content (AvgIpc) is 2.32. The normalized spacial score (nSPS) is 15.1. The molecule has 16 heavy (non-hydrogen) atoms. The molecule has 0 atom stereocenters. The highest BCUT2D eigenvalue weighted by Gasteiger charge is 2.16. The minimum atomic E-state index is -0.760. The van der Waals surface area contributed by atoms with Gasteiger partial charge in [0.25, 0.3) is 5.78 Å². The van der Waals surface area contributed by atoms with Gasteiger partial charge in [0.2, 0.25) is 0 Å². The molecule has 1 aromatic rings. The minimum absolute atomic E-state index is 0.313. The molecule has 0 aromatic carbocycles. The van der Waals surface area contributed by atoms with Crippen molar-refractivity contribution in [1.29, 1.82) is 0 Å². The Bertz CT molecular complexity index is 482. The summed E-state index contributed by atoms with van der Waals surface area (Å²) in [5, 5.41) is 0.313. The van der Waals surface area contributed by atoms with E-state index in [9.17, 15) is 9.59 Å². The molecule has 0 radical (unpaired) electrons. The second kappa shape index (κ2) is 4.80. The Morgan fingerprint density at radius 2 is 2.19 bits per heavy atom. The number of hydrogen-bond acceptors (Lipinski definition) is 5. The molecule has 1 aromatic heterocycles. The van der Waals surface area contributed by atoms with Gasteiger partial charge in [-0.2, -0.15) is 4.99 Å². The fraction of sp³-hybridized carbons (Fsp3) is 0.100. The van der Waals surface area contributed by atoms with Crippen molar-refractivity contribution >= 4 is 34.8 Å². The van der Waals surface area contributed by atoms with Crippen molar-refractivity contribution in [2.75, 3.05) is 0 Å². The second-order valence-corrected chi connectivity index (χ2v) is 3.91. The van der Waals surface area contributed by atoms with Crippen molar-refractivity contribution in [2.24, 2.45) is 9.98 Å². The Morgan fingerprint density at radius 1 is 1.31 bits per heavy atom. The van der Waals surface area contributed by atoms with Gasteiger partial charge < -0.3 is 0 Å². The molecule has 2 heterocycles. The predicted molar refractivity (Wildman–Crippen MR) is 61.5 cm³/mol. The number of ketones is 1. The Morgan fingerprint density at radius 3 is 2.88 bits per heavy atom. The standard InChI is InChI=1S/C10H7N3O2S/c14-8-5-12-10(13-9(8)15)16-6-7-2-1-3-11-4-7/h1-5H,6H2. The summed E-state index contributed by atoms with van der Waals surface area (Å²) in [6.45, 7) is 0. The number of carbonyl (C=O) groups excluding carboxylic acids is 2. The highest BCUT2D eigenvalue weighted by Crippen LogP contribution is 2.15. The molecule has 0 N–H and O–H groups in total. The van der Waals surface area contributed by atoms with Gasteiger partial charge in [0.15, 0.2) is 5.17 Å². The summed E-state index contributed by atoms with van der Waals surface area (Å²) in [6.07, 6.45) is 4.42. The lowest BCUT2D eigenvalue weighted by Gasteiger charge is -2.02. The molecule has 6 heteroatoms. The van der Waals surface area contributed by atoms with E-state index in [0.29, 0.717) is 10.9 Å². The quantitative estimate of drug-likeness (QED) is 0.710. The molecule has 5 nitrogen and oxygen atoms in total. The summed E-state index contributed by atoms with van der Waals surface area (Å²) in [6, 6.07) is 3.75. The third-order valence-electron chi connectivity index (χ3n) is 1.79. The van der Waals surface area contributed by atoms with E-state index in [4.69, 9.17) is 0 Å². The lowest BCUT2D eigenvalue weighted by molar-refractivity contribution is -0.131. The molecule has 80 valence electrons. The van der Waals surface area contributed by atoms with Crippen LogP contribution in [0.15, 0.2) is 34.5 Å². The fourth-order valence-electron chi connectivity index (χ4n) is 1.04. The molecular weight excluding hydrogens is 226 g/mol. The largest absolute Gasteiger partial charge is 0.321 e. The second-order valence-electron chi connectivity index (χ2n) is 2.97. The highest BCUT2D eigenvalue weighted by molar-refractivity contribution is 8.13. The highest BCUT2D eigenvalue weighted by atomic mass is 32.2. The molecule has 0 spiro atoms. The Hall–Kier alpha value is -1.82. The first-order valence-corrected chi connectivity index (χ1v) is 5.47. The number of thioether (sulfide) groups is 1. The van der Waals surface area contributed by atoms with Crippen LogP contribution in [0.1, 0.15) is 5.56 Å². The maximum Gasteiger partial charge on any atom is 0.321 e. The number of amides is 1. The third-order valence-corrected chi connectivity index (χ3v) is 2.72. The monoisotopic (exact) mass is 233 g/mol. The molecule has 0 saturated carbocycles. The zero-order valence-electron chi connectivity index (χ0n) is 8.16. The third kappa shape index (κ3) is 2.60. The van der Waals surface area contributed by atoms with Gasteiger partial charge in [0, 0.05) is 18.1 Å². The van der Waals surface area contributed by atoms with E-state index in [-0.39, 0.29) is 0 Å². The number of pyridine rings is 1. The van der Waals surface area contributed by atoms with Gasteiger partial charge in [-0.3, -0.25) is 14.6 Å². The SMILES string of the molecule is O=C1C=NC(SCc2cccnc2)=NC1=O. The van der Waals surface area contributed by atoms with Gasteiger partial charge in [-0.25, -0.2) is 4.99 Å². The number of aliphatic imine (C=N–C) groups is 2. The van der Waals surface area contributed by atoms with Crippen molar-refractivity contribution in [2.45, 2.75) is 5.75 Å². The summed E-state index contributed by atoms with van der Waals surface area (Å²) >= 11 is 1.30. The molecule has 2 rings (SSSR count). The van der Waals surface area contributed by atoms with Crippen molar-refractivity contribution in [3.63, 3.8) is 0 Å². The Labute approximate surface area is 95.7 Å². The summed E-state index contributed by atoms with van der Waals surface area (Å²) in [5.41, 5.74) is 1.01. The van der Waals surface area contributed by atoms with Crippen molar-refractivity contribution in [1.82, 2.24) is 4.98 Å². The van der Waals surface area contributed by atoms with Crippen LogP contribution < -0.4 is 0 Å². The number of nitrogens with zero attached hydrogens (tertiary/aromatic N) is 3. The van der Waals surface area contributed by atoms with Crippen molar-refractivity contribution in [3.05, 3.63) is 30.1 Å². The van der Waals surface area contributed by atoms with E-state index in [1.807, 2.05) is 12.1 Å². The maximum atomic E-state index is 11.0. The summed E-state index contributed by atoms with van der Waals surface area (Å²) in [7, 11) is 0. The molecular formula is C10H7N3O2S. The van der Waals surface area contributed by atoms with E-state index in [1.54, 1.807) is 12.4 Å². The van der Waals surface area contributed by atoms with Crippen LogP contribution in [0.25, 0.3) is 0 Å². The summed E-state index contributed by atoms with van der Waals surface area (Å²) < 4.78 is 0. The van der Waals surface area contributed by atoms with Crippen LogP contribution in [0.5, 0.6) is 0 Å². The van der Waals surface area contributed by atoms with Crippen LogP contribution in [-0.2, 0) is 15.3 Å². The Balaban J connectivity index is 1.97. The predicted octanol–water partition coefficient (Wildman–Crippen LogP) is 0.851. The number of aromatic nitrogens is 1. The number of carbonyl (C=O) groups is 2. The fourth-order valence-corrected chi connectivity index (χ4v) is 1.78. The lowest BCUT2D eigenvalue weighted by Crippen LogP contribution is -2.18. The topological polar surface area (TPSA) is 71.8 Å². The van der Waals surface area contributed by atoms with Gasteiger partial charge in [-0.1, -0.05) is 17.8 Å². The molecule has 0 fully saturated rings. The number of Topliss-reactive ketones (excluding diaryl/α,β-unsaturated/α-hetero) is 1. The van der Waals surface area contributed by atoms with E-state index in [2.05, 4.69) is 15.0 Å². The molecule has 1 aliphatic heterocycles.